The van der Waals surface area contributed by atoms with E-state index in [0.29, 0.717) is 0 Å². The number of hydrogen-bond acceptors (Lipinski definition) is 2. The lowest BCUT2D eigenvalue weighted by atomic mass is 10.1. The predicted molar refractivity (Wildman–Crippen MR) is 58.3 cm³/mol. The lowest BCUT2D eigenvalue weighted by Gasteiger charge is -2.09. The molecule has 0 aliphatic rings. The molecule has 0 fully saturated rings. The van der Waals surface area contributed by atoms with Crippen LogP contribution in [0.25, 0.3) is 11.0 Å². The molecule has 0 radical (unpaired) electrons. The molecule has 1 unspecified atom stereocenters. The molecule has 0 spiro atoms. The largest absolute Gasteiger partial charge is 0.459 e. The van der Waals surface area contributed by atoms with Crippen LogP contribution in [0.2, 0.25) is 0 Å². The van der Waals surface area contributed by atoms with Crippen LogP contribution >= 0.6 is 0 Å². The van der Waals surface area contributed by atoms with Crippen LogP contribution in [0.4, 0.5) is 4.39 Å². The first-order chi connectivity index (χ1) is 7.24. The minimum absolute atomic E-state index is 0.195. The number of nitrogens with one attached hydrogen (secondary N) is 1. The molecule has 0 aliphatic heterocycles. The molecule has 80 valence electrons. The third-order valence-electron chi connectivity index (χ3n) is 2.60. The van der Waals surface area contributed by atoms with Crippen LogP contribution in [0.5, 0.6) is 0 Å². The molecule has 2 nitrogen and oxygen atoms in total. The number of fused-ring (bicyclic) bond motifs is 1. The Hall–Kier alpha value is -1.35. The van der Waals surface area contributed by atoms with Crippen LogP contribution in [0.1, 0.15) is 25.1 Å². The summed E-state index contributed by atoms with van der Waals surface area (Å²) < 4.78 is 18.6. The zero-order valence-corrected chi connectivity index (χ0v) is 8.88. The topological polar surface area (TPSA) is 25.2 Å². The highest BCUT2D eigenvalue weighted by molar-refractivity contribution is 5.77. The highest BCUT2D eigenvalue weighted by Crippen LogP contribution is 2.25. The number of halogens is 1. The van der Waals surface area contributed by atoms with E-state index < -0.39 is 0 Å². The van der Waals surface area contributed by atoms with Crippen LogP contribution in [-0.4, -0.2) is 7.05 Å². The first-order valence-electron chi connectivity index (χ1n) is 5.11. The molecular weight excluding hydrogens is 193 g/mol. The van der Waals surface area contributed by atoms with Gasteiger partial charge in [-0.3, -0.25) is 0 Å². The van der Waals surface area contributed by atoms with Crippen LogP contribution in [-0.2, 0) is 0 Å². The van der Waals surface area contributed by atoms with Crippen LogP contribution in [0.3, 0.4) is 0 Å². The fraction of sp³-hybridized carbons (Fsp3) is 0.333. The van der Waals surface area contributed by atoms with Crippen molar-refractivity contribution in [1.29, 1.82) is 0 Å². The second-order valence-corrected chi connectivity index (χ2v) is 3.58. The highest BCUT2D eigenvalue weighted by Gasteiger charge is 2.12. The van der Waals surface area contributed by atoms with Crippen LogP contribution in [0.15, 0.2) is 28.7 Å². The molecule has 2 rings (SSSR count). The predicted octanol–water partition coefficient (Wildman–Crippen LogP) is 3.24. The Labute approximate surface area is 88.1 Å². The molecule has 2 aromatic rings. The molecule has 0 saturated heterocycles. The lowest BCUT2D eigenvalue weighted by molar-refractivity contribution is 0.444. The minimum atomic E-state index is -0.229. The van der Waals surface area contributed by atoms with Crippen molar-refractivity contribution in [3.63, 3.8) is 0 Å². The zero-order valence-electron chi connectivity index (χ0n) is 8.88. The summed E-state index contributed by atoms with van der Waals surface area (Å²) in [5.74, 6) is 0.632. The van der Waals surface area contributed by atoms with Gasteiger partial charge in [0.15, 0.2) is 0 Å². The number of hydrogen-bond donors (Lipinski definition) is 1. The smallest absolute Gasteiger partial charge is 0.134 e. The minimum Gasteiger partial charge on any atom is -0.459 e. The van der Waals surface area contributed by atoms with Gasteiger partial charge in [0.25, 0.3) is 0 Å². The van der Waals surface area contributed by atoms with Crippen molar-refractivity contribution in [3.05, 3.63) is 35.8 Å². The molecule has 1 heterocycles. The van der Waals surface area contributed by atoms with Gasteiger partial charge < -0.3 is 9.73 Å². The monoisotopic (exact) mass is 207 g/mol. The second-order valence-electron chi connectivity index (χ2n) is 3.58. The van der Waals surface area contributed by atoms with Crippen molar-refractivity contribution in [2.75, 3.05) is 7.05 Å². The molecule has 1 atom stereocenters. The normalized spacial score (nSPS) is 13.3. The van der Waals surface area contributed by atoms with Crippen LogP contribution < -0.4 is 5.32 Å². The Morgan fingerprint density at radius 3 is 2.87 bits per heavy atom. The van der Waals surface area contributed by atoms with E-state index in [9.17, 15) is 4.39 Å². The molecule has 1 aromatic heterocycles. The molecular formula is C12H14FNO. The Balaban J connectivity index is 2.46. The van der Waals surface area contributed by atoms with E-state index in [4.69, 9.17) is 4.42 Å². The maximum Gasteiger partial charge on any atom is 0.134 e. The molecule has 15 heavy (non-hydrogen) atoms. The van der Waals surface area contributed by atoms with E-state index in [1.54, 1.807) is 6.07 Å². The molecule has 3 heteroatoms. The van der Waals surface area contributed by atoms with E-state index in [0.717, 1.165) is 23.2 Å². The Morgan fingerprint density at radius 2 is 2.20 bits per heavy atom. The maximum absolute atomic E-state index is 13.0. The fourth-order valence-corrected chi connectivity index (χ4v) is 1.75. The average Bonchev–Trinajstić information content (AvgIpc) is 2.62. The van der Waals surface area contributed by atoms with Crippen molar-refractivity contribution < 1.29 is 8.81 Å². The lowest BCUT2D eigenvalue weighted by Crippen LogP contribution is -2.14. The van der Waals surface area contributed by atoms with Gasteiger partial charge in [-0.2, -0.15) is 0 Å². The van der Waals surface area contributed by atoms with Crippen molar-refractivity contribution in [2.24, 2.45) is 0 Å². The summed E-state index contributed by atoms with van der Waals surface area (Å²) in [7, 11) is 1.89. The van der Waals surface area contributed by atoms with Gasteiger partial charge in [-0.1, -0.05) is 6.92 Å². The summed E-state index contributed by atoms with van der Waals surface area (Å²) in [4.78, 5) is 0. The van der Waals surface area contributed by atoms with Gasteiger partial charge in [0.2, 0.25) is 0 Å². The average molecular weight is 207 g/mol. The van der Waals surface area contributed by atoms with Crippen molar-refractivity contribution >= 4 is 11.0 Å². The molecule has 0 saturated carbocycles. The van der Waals surface area contributed by atoms with E-state index in [2.05, 4.69) is 12.2 Å². The molecule has 0 amide bonds. The third-order valence-corrected chi connectivity index (χ3v) is 2.60. The second kappa shape index (κ2) is 4.03. The van der Waals surface area contributed by atoms with Crippen LogP contribution in [0, 0.1) is 5.82 Å². The standard InChI is InChI=1S/C12H14FNO/c1-3-10(14-2)12-7-8-6-9(13)4-5-11(8)15-12/h4-7,10,14H,3H2,1-2H3. The van der Waals surface area contributed by atoms with Crippen molar-refractivity contribution in [1.82, 2.24) is 5.32 Å². The molecule has 1 aromatic carbocycles. The summed E-state index contributed by atoms with van der Waals surface area (Å²) >= 11 is 0. The van der Waals surface area contributed by atoms with Gasteiger partial charge >= 0.3 is 0 Å². The Kier molecular flexibility index (Phi) is 2.73. The van der Waals surface area contributed by atoms with Gasteiger partial charge in [0.1, 0.15) is 17.2 Å². The SMILES string of the molecule is CCC(NC)c1cc2cc(F)ccc2o1. The summed E-state index contributed by atoms with van der Waals surface area (Å²) in [6.45, 7) is 2.08. The fourth-order valence-electron chi connectivity index (χ4n) is 1.75. The zero-order chi connectivity index (χ0) is 10.8. The van der Waals surface area contributed by atoms with Gasteiger partial charge in [-0.15, -0.1) is 0 Å². The van der Waals surface area contributed by atoms with Gasteiger partial charge in [-0.05, 0) is 37.7 Å². The first-order valence-corrected chi connectivity index (χ1v) is 5.11. The van der Waals surface area contributed by atoms with Crippen molar-refractivity contribution in [2.45, 2.75) is 19.4 Å². The molecule has 1 N–H and O–H groups in total. The number of benzene rings is 1. The number of rotatable bonds is 3. The Morgan fingerprint density at radius 1 is 1.40 bits per heavy atom. The van der Waals surface area contributed by atoms with Gasteiger partial charge in [0, 0.05) is 5.39 Å². The van der Waals surface area contributed by atoms with Gasteiger partial charge in [-0.25, -0.2) is 4.39 Å². The van der Waals surface area contributed by atoms with E-state index in [1.165, 1.54) is 12.1 Å². The quantitative estimate of drug-likeness (QED) is 0.835. The molecule has 0 aliphatic carbocycles. The summed E-state index contributed by atoms with van der Waals surface area (Å²) in [5, 5.41) is 3.97. The summed E-state index contributed by atoms with van der Waals surface area (Å²) in [6.07, 6.45) is 0.943. The van der Waals surface area contributed by atoms with E-state index in [1.807, 2.05) is 13.1 Å². The highest BCUT2D eigenvalue weighted by atomic mass is 19.1. The summed E-state index contributed by atoms with van der Waals surface area (Å²) in [5.41, 5.74) is 0.736. The first kappa shape index (κ1) is 10.2. The molecule has 0 bridgehead atoms. The number of furan rings is 1. The van der Waals surface area contributed by atoms with E-state index in [-0.39, 0.29) is 11.9 Å². The van der Waals surface area contributed by atoms with E-state index >= 15 is 0 Å². The Bertz CT molecular complexity index is 460. The summed E-state index contributed by atoms with van der Waals surface area (Å²) in [6, 6.07) is 6.65. The third kappa shape index (κ3) is 1.88. The van der Waals surface area contributed by atoms with Crippen molar-refractivity contribution in [3.8, 4) is 0 Å². The van der Waals surface area contributed by atoms with Gasteiger partial charge in [0.05, 0.1) is 6.04 Å². The maximum atomic E-state index is 13.0.